The van der Waals surface area contributed by atoms with Crippen molar-refractivity contribution in [1.82, 2.24) is 4.98 Å². The molecule has 0 bridgehead atoms. The van der Waals surface area contributed by atoms with Crippen molar-refractivity contribution in [3.8, 4) is 0 Å². The largest absolute Gasteiger partial charge is 0.321 e. The zero-order valence-corrected chi connectivity index (χ0v) is 11.6. The van der Waals surface area contributed by atoms with Crippen LogP contribution in [0.4, 0.5) is 5.69 Å². The van der Waals surface area contributed by atoms with Gasteiger partial charge in [-0.3, -0.25) is 9.78 Å². The number of carbonyl (C=O) groups excluding carboxylic acids is 1. The Balaban J connectivity index is 2.37. The van der Waals surface area contributed by atoms with Gasteiger partial charge in [-0.25, -0.2) is 13.6 Å². The van der Waals surface area contributed by atoms with Gasteiger partial charge in [-0.05, 0) is 18.2 Å². The number of amides is 1. The Morgan fingerprint density at radius 2 is 1.95 bits per heavy atom. The Kier molecular flexibility index (Phi) is 4.03. The first-order chi connectivity index (χ1) is 9.39. The van der Waals surface area contributed by atoms with Crippen LogP contribution in [0.1, 0.15) is 10.4 Å². The maximum absolute atomic E-state index is 12.1. The SMILES string of the molecule is NS(=O)(=O)c1ccccc1NC(=O)c1ccncc1Cl. The highest BCUT2D eigenvalue weighted by Gasteiger charge is 2.17. The van der Waals surface area contributed by atoms with Crippen LogP contribution in [0.15, 0.2) is 47.6 Å². The van der Waals surface area contributed by atoms with Gasteiger partial charge in [0.1, 0.15) is 4.90 Å². The molecule has 0 aliphatic heterocycles. The molecule has 2 rings (SSSR count). The van der Waals surface area contributed by atoms with Crippen LogP contribution in [0.5, 0.6) is 0 Å². The van der Waals surface area contributed by atoms with Crippen LogP contribution in [-0.4, -0.2) is 19.3 Å². The molecule has 1 heterocycles. The Bertz CT molecular complexity index is 762. The van der Waals surface area contributed by atoms with E-state index in [4.69, 9.17) is 16.7 Å². The average molecular weight is 312 g/mol. The van der Waals surface area contributed by atoms with Crippen LogP contribution in [0.25, 0.3) is 0 Å². The summed E-state index contributed by atoms with van der Waals surface area (Å²) in [5.41, 5.74) is 0.277. The van der Waals surface area contributed by atoms with Gasteiger partial charge in [0, 0.05) is 12.4 Å². The number of benzene rings is 1. The molecule has 8 heteroatoms. The van der Waals surface area contributed by atoms with Crippen molar-refractivity contribution in [3.05, 3.63) is 53.3 Å². The minimum atomic E-state index is -3.93. The number of halogens is 1. The van der Waals surface area contributed by atoms with Crippen molar-refractivity contribution >= 4 is 33.2 Å². The third-order valence-corrected chi connectivity index (χ3v) is 3.73. The number of anilines is 1. The van der Waals surface area contributed by atoms with Crippen LogP contribution in [-0.2, 0) is 10.0 Å². The van der Waals surface area contributed by atoms with Gasteiger partial charge in [-0.15, -0.1) is 0 Å². The third-order valence-electron chi connectivity index (χ3n) is 2.46. The zero-order valence-electron chi connectivity index (χ0n) is 10.1. The lowest BCUT2D eigenvalue weighted by atomic mass is 10.2. The number of nitrogens with one attached hydrogen (secondary N) is 1. The number of carbonyl (C=O) groups is 1. The molecule has 1 aromatic heterocycles. The predicted molar refractivity (Wildman–Crippen MR) is 75.0 cm³/mol. The van der Waals surface area contributed by atoms with Gasteiger partial charge >= 0.3 is 0 Å². The van der Waals surface area contributed by atoms with E-state index in [1.807, 2.05) is 0 Å². The summed E-state index contributed by atoms with van der Waals surface area (Å²) >= 11 is 5.85. The first-order valence-electron chi connectivity index (χ1n) is 5.42. The van der Waals surface area contributed by atoms with Crippen LogP contribution < -0.4 is 10.5 Å². The van der Waals surface area contributed by atoms with Crippen molar-refractivity contribution in [2.24, 2.45) is 5.14 Å². The first-order valence-corrected chi connectivity index (χ1v) is 7.34. The molecule has 0 atom stereocenters. The van der Waals surface area contributed by atoms with E-state index >= 15 is 0 Å². The minimum absolute atomic E-state index is 0.0906. The second kappa shape index (κ2) is 5.58. The maximum atomic E-state index is 12.1. The molecule has 104 valence electrons. The topological polar surface area (TPSA) is 102 Å². The number of nitrogens with zero attached hydrogens (tertiary/aromatic N) is 1. The number of rotatable bonds is 3. The fourth-order valence-corrected chi connectivity index (χ4v) is 2.47. The van der Waals surface area contributed by atoms with Crippen LogP contribution in [0.2, 0.25) is 5.02 Å². The van der Waals surface area contributed by atoms with Crippen LogP contribution >= 0.6 is 11.6 Å². The van der Waals surface area contributed by atoms with Gasteiger partial charge in [0.2, 0.25) is 10.0 Å². The summed E-state index contributed by atoms with van der Waals surface area (Å²) in [5.74, 6) is -0.548. The number of sulfonamides is 1. The third kappa shape index (κ3) is 3.13. The lowest BCUT2D eigenvalue weighted by Crippen LogP contribution is -2.18. The molecule has 0 saturated heterocycles. The first kappa shape index (κ1) is 14.4. The minimum Gasteiger partial charge on any atom is -0.321 e. The highest BCUT2D eigenvalue weighted by atomic mass is 35.5. The zero-order chi connectivity index (χ0) is 14.8. The molecule has 0 unspecified atom stereocenters. The number of primary sulfonamides is 1. The van der Waals surface area contributed by atoms with Gasteiger partial charge in [-0.1, -0.05) is 23.7 Å². The monoisotopic (exact) mass is 311 g/mol. The lowest BCUT2D eigenvalue weighted by molar-refractivity contribution is 0.102. The summed E-state index contributed by atoms with van der Waals surface area (Å²) in [6, 6.07) is 7.26. The highest BCUT2D eigenvalue weighted by Crippen LogP contribution is 2.21. The summed E-state index contributed by atoms with van der Waals surface area (Å²) in [5, 5.41) is 7.72. The maximum Gasteiger partial charge on any atom is 0.257 e. The Hall–Kier alpha value is -1.96. The molecule has 2 aromatic rings. The molecule has 0 aliphatic rings. The number of hydrogen-bond donors (Lipinski definition) is 2. The molecule has 20 heavy (non-hydrogen) atoms. The van der Waals surface area contributed by atoms with Gasteiger partial charge in [0.15, 0.2) is 0 Å². The molecule has 1 amide bonds. The second-order valence-electron chi connectivity index (χ2n) is 3.85. The summed E-state index contributed by atoms with van der Waals surface area (Å²) in [4.78, 5) is 15.7. The van der Waals surface area contributed by atoms with Crippen molar-refractivity contribution in [2.45, 2.75) is 4.90 Å². The molecular weight excluding hydrogens is 302 g/mol. The van der Waals surface area contributed by atoms with Crippen molar-refractivity contribution in [2.75, 3.05) is 5.32 Å². The highest BCUT2D eigenvalue weighted by molar-refractivity contribution is 7.89. The molecule has 0 aliphatic carbocycles. The second-order valence-corrected chi connectivity index (χ2v) is 5.79. The van der Waals surface area contributed by atoms with Crippen molar-refractivity contribution < 1.29 is 13.2 Å². The normalized spacial score (nSPS) is 11.1. The summed E-state index contributed by atoms with van der Waals surface area (Å²) in [6.07, 6.45) is 2.73. The smallest absolute Gasteiger partial charge is 0.257 e. The quantitative estimate of drug-likeness (QED) is 0.899. The van der Waals surface area contributed by atoms with E-state index in [0.29, 0.717) is 0 Å². The van der Waals surface area contributed by atoms with E-state index in [1.54, 1.807) is 6.07 Å². The Morgan fingerprint density at radius 1 is 1.25 bits per heavy atom. The van der Waals surface area contributed by atoms with E-state index < -0.39 is 15.9 Å². The average Bonchev–Trinajstić information content (AvgIpc) is 2.38. The number of hydrogen-bond acceptors (Lipinski definition) is 4. The molecule has 1 aromatic carbocycles. The Labute approximate surface area is 120 Å². The molecular formula is C12H10ClN3O3S. The van der Waals surface area contributed by atoms with E-state index in [2.05, 4.69) is 10.3 Å². The van der Waals surface area contributed by atoms with Gasteiger partial charge in [0.05, 0.1) is 16.3 Å². The molecule has 0 spiro atoms. The molecule has 3 N–H and O–H groups in total. The molecule has 0 saturated carbocycles. The number of nitrogens with two attached hydrogens (primary N) is 1. The van der Waals surface area contributed by atoms with Crippen molar-refractivity contribution in [1.29, 1.82) is 0 Å². The number of para-hydroxylation sites is 1. The molecule has 0 radical (unpaired) electrons. The van der Waals surface area contributed by atoms with Crippen LogP contribution in [0, 0.1) is 0 Å². The van der Waals surface area contributed by atoms with Crippen LogP contribution in [0.3, 0.4) is 0 Å². The fourth-order valence-electron chi connectivity index (χ4n) is 1.57. The number of aromatic nitrogens is 1. The van der Waals surface area contributed by atoms with E-state index in [0.717, 1.165) is 0 Å². The van der Waals surface area contributed by atoms with E-state index in [-0.39, 0.29) is 21.2 Å². The van der Waals surface area contributed by atoms with Crippen molar-refractivity contribution in [3.63, 3.8) is 0 Å². The van der Waals surface area contributed by atoms with Gasteiger partial charge in [0.25, 0.3) is 5.91 Å². The lowest BCUT2D eigenvalue weighted by Gasteiger charge is -2.10. The molecule has 0 fully saturated rings. The summed E-state index contributed by atoms with van der Waals surface area (Å²) in [7, 11) is -3.93. The fraction of sp³-hybridized carbons (Fsp3) is 0. The van der Waals surface area contributed by atoms with E-state index in [9.17, 15) is 13.2 Å². The summed E-state index contributed by atoms with van der Waals surface area (Å²) in [6.45, 7) is 0. The van der Waals surface area contributed by atoms with Gasteiger partial charge in [-0.2, -0.15) is 0 Å². The van der Waals surface area contributed by atoms with Gasteiger partial charge < -0.3 is 5.32 Å². The van der Waals surface area contributed by atoms with E-state index in [1.165, 1.54) is 36.7 Å². The molecule has 6 nitrogen and oxygen atoms in total. The standard InChI is InChI=1S/C12H10ClN3O3S/c13-9-7-15-6-5-8(9)12(17)16-10-3-1-2-4-11(10)20(14,18)19/h1-7H,(H,16,17)(H2,14,18,19). The Morgan fingerprint density at radius 3 is 2.60 bits per heavy atom. The number of pyridine rings is 1. The summed E-state index contributed by atoms with van der Waals surface area (Å²) < 4.78 is 22.9. The predicted octanol–water partition coefficient (Wildman–Crippen LogP) is 1.63.